The number of carboxylic acids is 1. The topological polar surface area (TPSA) is 82.1 Å². The van der Waals surface area contributed by atoms with E-state index >= 15 is 0 Å². The average Bonchev–Trinajstić information content (AvgIpc) is 2.66. The van der Waals surface area contributed by atoms with Crippen molar-refractivity contribution in [3.05, 3.63) is 59.7 Å². The molecule has 26 heavy (non-hydrogen) atoms. The molecule has 0 aliphatic rings. The largest absolute Gasteiger partial charge is 0.497 e. The molecule has 2 aromatic carbocycles. The summed E-state index contributed by atoms with van der Waals surface area (Å²) >= 11 is 0. The van der Waals surface area contributed by atoms with Gasteiger partial charge in [-0.25, -0.2) is 0 Å². The van der Waals surface area contributed by atoms with E-state index in [4.69, 9.17) is 19.3 Å². The number of carboxylic acid groups (broad SMARTS) is 1. The fraction of sp³-hybridized carbons (Fsp3) is 0.300. The lowest BCUT2D eigenvalue weighted by Crippen LogP contribution is -1.98. The Kier molecular flexibility index (Phi) is 9.31. The van der Waals surface area contributed by atoms with Gasteiger partial charge in [-0.2, -0.15) is 0 Å². The lowest BCUT2D eigenvalue weighted by molar-refractivity contribution is -0.142. The normalized spacial score (nSPS) is 9.50. The van der Waals surface area contributed by atoms with Crippen molar-refractivity contribution >= 4 is 11.9 Å². The highest BCUT2D eigenvalue weighted by Crippen LogP contribution is 2.13. The third-order valence-corrected chi connectivity index (χ3v) is 3.39. The van der Waals surface area contributed by atoms with Gasteiger partial charge in [-0.15, -0.1) is 0 Å². The van der Waals surface area contributed by atoms with Crippen LogP contribution < -0.4 is 9.47 Å². The van der Waals surface area contributed by atoms with Crippen LogP contribution in [0.15, 0.2) is 48.5 Å². The fourth-order valence-corrected chi connectivity index (χ4v) is 1.95. The Morgan fingerprint density at radius 3 is 1.69 bits per heavy atom. The number of carbonyl (C=O) groups excluding carboxylic acids is 1. The summed E-state index contributed by atoms with van der Waals surface area (Å²) in [5.41, 5.74) is 1.97. The van der Waals surface area contributed by atoms with Crippen molar-refractivity contribution < 1.29 is 28.9 Å². The van der Waals surface area contributed by atoms with E-state index in [0.717, 1.165) is 22.6 Å². The molecule has 0 aliphatic carbocycles. The van der Waals surface area contributed by atoms with Crippen LogP contribution in [-0.4, -0.2) is 31.3 Å². The van der Waals surface area contributed by atoms with Gasteiger partial charge in [0, 0.05) is 13.3 Å². The first-order chi connectivity index (χ1) is 12.4. The number of methoxy groups -OCH3 is 2. The molecule has 140 valence electrons. The summed E-state index contributed by atoms with van der Waals surface area (Å²) in [7, 11) is 3.22. The maximum Gasteiger partial charge on any atom is 0.303 e. The second-order valence-electron chi connectivity index (χ2n) is 5.37. The monoisotopic (exact) mass is 360 g/mol. The Balaban J connectivity index is 0.000000260. The number of benzene rings is 2. The zero-order valence-electron chi connectivity index (χ0n) is 15.2. The summed E-state index contributed by atoms with van der Waals surface area (Å²) in [6.45, 7) is 1.71. The lowest BCUT2D eigenvalue weighted by Gasteiger charge is -2.03. The molecule has 0 unspecified atom stereocenters. The van der Waals surface area contributed by atoms with E-state index in [0.29, 0.717) is 13.0 Å². The van der Waals surface area contributed by atoms with Crippen molar-refractivity contribution in [3.63, 3.8) is 0 Å². The lowest BCUT2D eigenvalue weighted by atomic mass is 10.1. The molecule has 1 N–H and O–H groups in total. The number of esters is 1. The molecule has 0 bridgehead atoms. The summed E-state index contributed by atoms with van der Waals surface area (Å²) < 4.78 is 14.8. The first kappa shape index (κ1) is 21.0. The molecular weight excluding hydrogens is 336 g/mol. The van der Waals surface area contributed by atoms with E-state index in [1.54, 1.807) is 14.2 Å². The molecule has 0 saturated carbocycles. The SMILES string of the molecule is COc1ccc(CCC(=O)O)cc1.COc1ccc(COC(C)=O)cc1. The van der Waals surface area contributed by atoms with Crippen molar-refractivity contribution in [2.24, 2.45) is 0 Å². The van der Waals surface area contributed by atoms with Gasteiger partial charge in [0.1, 0.15) is 18.1 Å². The highest BCUT2D eigenvalue weighted by molar-refractivity contribution is 5.67. The predicted molar refractivity (Wildman–Crippen MR) is 97.4 cm³/mol. The number of carbonyl (C=O) groups is 2. The van der Waals surface area contributed by atoms with Crippen LogP contribution in [0.25, 0.3) is 0 Å². The molecule has 6 heteroatoms. The van der Waals surface area contributed by atoms with Gasteiger partial charge >= 0.3 is 11.9 Å². The van der Waals surface area contributed by atoms with Crippen molar-refractivity contribution in [2.45, 2.75) is 26.4 Å². The van der Waals surface area contributed by atoms with Gasteiger partial charge in [-0.1, -0.05) is 24.3 Å². The molecule has 0 amide bonds. The van der Waals surface area contributed by atoms with Crippen LogP contribution in [-0.2, 0) is 27.4 Å². The number of rotatable bonds is 7. The molecule has 0 fully saturated rings. The van der Waals surface area contributed by atoms with Gasteiger partial charge in [0.25, 0.3) is 0 Å². The minimum Gasteiger partial charge on any atom is -0.497 e. The molecule has 0 aromatic heterocycles. The van der Waals surface area contributed by atoms with Gasteiger partial charge in [0.15, 0.2) is 0 Å². The van der Waals surface area contributed by atoms with Crippen LogP contribution in [0.5, 0.6) is 11.5 Å². The predicted octanol–water partition coefficient (Wildman–Crippen LogP) is 3.47. The van der Waals surface area contributed by atoms with Gasteiger partial charge in [0.05, 0.1) is 14.2 Å². The van der Waals surface area contributed by atoms with Crippen LogP contribution in [0.1, 0.15) is 24.5 Å². The minimum absolute atomic E-state index is 0.173. The number of aliphatic carboxylic acids is 1. The number of aryl methyl sites for hydroxylation is 1. The third kappa shape index (κ3) is 8.73. The van der Waals surface area contributed by atoms with Crippen molar-refractivity contribution in [3.8, 4) is 11.5 Å². The zero-order chi connectivity index (χ0) is 19.4. The van der Waals surface area contributed by atoms with Crippen molar-refractivity contribution in [1.82, 2.24) is 0 Å². The quantitative estimate of drug-likeness (QED) is 0.762. The molecule has 0 spiro atoms. The van der Waals surface area contributed by atoms with Crippen LogP contribution in [0, 0.1) is 0 Å². The molecule has 6 nitrogen and oxygen atoms in total. The number of hydrogen-bond donors (Lipinski definition) is 1. The van der Waals surface area contributed by atoms with Crippen LogP contribution >= 0.6 is 0 Å². The Morgan fingerprint density at radius 1 is 0.846 bits per heavy atom. The molecule has 0 saturated heterocycles. The van der Waals surface area contributed by atoms with Gasteiger partial charge in [0.2, 0.25) is 0 Å². The van der Waals surface area contributed by atoms with E-state index < -0.39 is 5.97 Å². The standard InChI is InChI=1S/2C10H12O3/c1-8(11)13-7-9-3-5-10(12-2)6-4-9;1-13-9-5-2-8(3-6-9)4-7-10(11)12/h3-6H,7H2,1-2H3;2-3,5-6H,4,7H2,1H3,(H,11,12). The van der Waals surface area contributed by atoms with E-state index in [2.05, 4.69) is 0 Å². The summed E-state index contributed by atoms with van der Waals surface area (Å²) in [5, 5.41) is 8.45. The fourth-order valence-electron chi connectivity index (χ4n) is 1.95. The molecule has 0 heterocycles. The average molecular weight is 360 g/mol. The molecular formula is C20H24O6. The Hall–Kier alpha value is -3.02. The van der Waals surface area contributed by atoms with Crippen molar-refractivity contribution in [2.75, 3.05) is 14.2 Å². The maximum atomic E-state index is 10.5. The smallest absolute Gasteiger partial charge is 0.303 e. The first-order valence-corrected chi connectivity index (χ1v) is 8.05. The molecule has 2 aromatic rings. The van der Waals surface area contributed by atoms with Gasteiger partial charge in [-0.3, -0.25) is 9.59 Å². The van der Waals surface area contributed by atoms with Crippen LogP contribution in [0.3, 0.4) is 0 Å². The summed E-state index contributed by atoms with van der Waals surface area (Å²) in [6, 6.07) is 14.8. The highest BCUT2D eigenvalue weighted by Gasteiger charge is 1.99. The third-order valence-electron chi connectivity index (χ3n) is 3.39. The Bertz CT molecular complexity index is 615. The van der Waals surface area contributed by atoms with E-state index in [1.807, 2.05) is 48.5 Å². The second-order valence-corrected chi connectivity index (χ2v) is 5.37. The van der Waals surface area contributed by atoms with E-state index in [-0.39, 0.29) is 12.4 Å². The summed E-state index contributed by atoms with van der Waals surface area (Å²) in [5.74, 6) is 0.553. The highest BCUT2D eigenvalue weighted by atomic mass is 16.5. The van der Waals surface area contributed by atoms with Gasteiger partial charge < -0.3 is 19.3 Å². The first-order valence-electron chi connectivity index (χ1n) is 8.05. The van der Waals surface area contributed by atoms with Gasteiger partial charge in [-0.05, 0) is 41.8 Å². The Labute approximate surface area is 153 Å². The van der Waals surface area contributed by atoms with E-state index in [1.165, 1.54) is 6.92 Å². The van der Waals surface area contributed by atoms with Crippen molar-refractivity contribution in [1.29, 1.82) is 0 Å². The minimum atomic E-state index is -0.768. The molecule has 0 aliphatic heterocycles. The second kappa shape index (κ2) is 11.5. The van der Waals surface area contributed by atoms with Crippen LogP contribution in [0.2, 0.25) is 0 Å². The Morgan fingerprint density at radius 2 is 1.31 bits per heavy atom. The van der Waals surface area contributed by atoms with Crippen LogP contribution in [0.4, 0.5) is 0 Å². The number of ether oxygens (including phenoxy) is 3. The molecule has 0 radical (unpaired) electrons. The maximum absolute atomic E-state index is 10.5. The molecule has 2 rings (SSSR count). The zero-order valence-corrected chi connectivity index (χ0v) is 15.2. The summed E-state index contributed by atoms with van der Waals surface area (Å²) in [4.78, 5) is 20.8. The summed E-state index contributed by atoms with van der Waals surface area (Å²) in [6.07, 6.45) is 0.742. The van der Waals surface area contributed by atoms with E-state index in [9.17, 15) is 9.59 Å². The number of hydrogen-bond acceptors (Lipinski definition) is 5. The molecule has 0 atom stereocenters.